The van der Waals surface area contributed by atoms with E-state index in [0.29, 0.717) is 12.1 Å². The second kappa shape index (κ2) is 4.96. The lowest BCUT2D eigenvalue weighted by molar-refractivity contribution is 0.0962. The maximum Gasteiger partial charge on any atom is 0.253 e. The van der Waals surface area contributed by atoms with Crippen molar-refractivity contribution >= 4 is 5.91 Å². The highest BCUT2D eigenvalue weighted by atomic mass is 16.2. The standard InChI is InChI=1S/C16H16N2O2/c1-17-16(20)15-12(11-6-3-2-4-7-11)10-14(19)18-9-5-8-13(15)18/h2-4,6-7,10H,5,8-9H2,1H3,(H,17,20). The lowest BCUT2D eigenvalue weighted by Gasteiger charge is -2.14. The van der Waals surface area contributed by atoms with Gasteiger partial charge in [-0.1, -0.05) is 30.3 Å². The van der Waals surface area contributed by atoms with Crippen molar-refractivity contribution in [3.8, 4) is 11.1 Å². The molecule has 20 heavy (non-hydrogen) atoms. The van der Waals surface area contributed by atoms with Crippen molar-refractivity contribution in [2.75, 3.05) is 7.05 Å². The van der Waals surface area contributed by atoms with Gasteiger partial charge in [0.2, 0.25) is 0 Å². The zero-order valence-electron chi connectivity index (χ0n) is 11.3. The number of carbonyl (C=O) groups is 1. The second-order valence-electron chi connectivity index (χ2n) is 4.92. The zero-order chi connectivity index (χ0) is 14.1. The van der Waals surface area contributed by atoms with Crippen LogP contribution in [0.25, 0.3) is 11.1 Å². The van der Waals surface area contributed by atoms with Crippen LogP contribution in [0.2, 0.25) is 0 Å². The van der Waals surface area contributed by atoms with Crippen molar-refractivity contribution in [3.63, 3.8) is 0 Å². The normalized spacial score (nSPS) is 13.1. The third kappa shape index (κ3) is 1.93. The molecule has 0 saturated heterocycles. The van der Waals surface area contributed by atoms with Crippen molar-refractivity contribution < 1.29 is 4.79 Å². The maximum absolute atomic E-state index is 12.3. The predicted molar refractivity (Wildman–Crippen MR) is 77.8 cm³/mol. The van der Waals surface area contributed by atoms with E-state index in [-0.39, 0.29) is 11.5 Å². The molecular formula is C16H16N2O2. The summed E-state index contributed by atoms with van der Waals surface area (Å²) in [5.41, 5.74) is 3.09. The fourth-order valence-corrected chi connectivity index (χ4v) is 2.83. The molecule has 2 heterocycles. The van der Waals surface area contributed by atoms with Gasteiger partial charge in [0.1, 0.15) is 0 Å². The number of benzene rings is 1. The van der Waals surface area contributed by atoms with Crippen LogP contribution in [0.4, 0.5) is 0 Å². The molecule has 102 valence electrons. The summed E-state index contributed by atoms with van der Waals surface area (Å²) in [4.78, 5) is 24.5. The van der Waals surface area contributed by atoms with Gasteiger partial charge >= 0.3 is 0 Å². The number of carbonyl (C=O) groups excluding carboxylic acids is 1. The number of hydrogen-bond donors (Lipinski definition) is 1. The highest BCUT2D eigenvalue weighted by Gasteiger charge is 2.24. The second-order valence-corrected chi connectivity index (χ2v) is 4.92. The van der Waals surface area contributed by atoms with Crippen LogP contribution in [0.3, 0.4) is 0 Å². The monoisotopic (exact) mass is 268 g/mol. The Morgan fingerprint density at radius 2 is 2.00 bits per heavy atom. The smallest absolute Gasteiger partial charge is 0.253 e. The first-order chi connectivity index (χ1) is 9.72. The Labute approximate surface area is 117 Å². The third-order valence-corrected chi connectivity index (χ3v) is 3.75. The van der Waals surface area contributed by atoms with Crippen molar-refractivity contribution in [3.05, 3.63) is 58.0 Å². The summed E-state index contributed by atoms with van der Waals surface area (Å²) < 4.78 is 1.72. The van der Waals surface area contributed by atoms with E-state index in [1.807, 2.05) is 30.3 Å². The number of rotatable bonds is 2. The number of fused-ring (bicyclic) bond motifs is 1. The van der Waals surface area contributed by atoms with E-state index < -0.39 is 0 Å². The average molecular weight is 268 g/mol. The minimum absolute atomic E-state index is 0.0241. The van der Waals surface area contributed by atoms with Crippen LogP contribution < -0.4 is 10.9 Å². The fourth-order valence-electron chi connectivity index (χ4n) is 2.83. The van der Waals surface area contributed by atoms with E-state index in [9.17, 15) is 9.59 Å². The summed E-state index contributed by atoms with van der Waals surface area (Å²) in [5.74, 6) is -0.130. The lowest BCUT2D eigenvalue weighted by Crippen LogP contribution is -2.27. The van der Waals surface area contributed by atoms with E-state index in [1.54, 1.807) is 17.7 Å². The van der Waals surface area contributed by atoms with Crippen molar-refractivity contribution in [1.82, 2.24) is 9.88 Å². The minimum atomic E-state index is -0.130. The van der Waals surface area contributed by atoms with Crippen LogP contribution in [-0.4, -0.2) is 17.5 Å². The maximum atomic E-state index is 12.3. The van der Waals surface area contributed by atoms with E-state index in [0.717, 1.165) is 29.7 Å². The molecular weight excluding hydrogens is 252 g/mol. The van der Waals surface area contributed by atoms with Gasteiger partial charge in [0.25, 0.3) is 11.5 Å². The number of pyridine rings is 1. The van der Waals surface area contributed by atoms with E-state index in [2.05, 4.69) is 5.32 Å². The molecule has 4 heteroatoms. The Morgan fingerprint density at radius 1 is 1.25 bits per heavy atom. The highest BCUT2D eigenvalue weighted by Crippen LogP contribution is 2.27. The first kappa shape index (κ1) is 12.7. The van der Waals surface area contributed by atoms with Gasteiger partial charge in [-0.2, -0.15) is 0 Å². The zero-order valence-corrected chi connectivity index (χ0v) is 11.3. The van der Waals surface area contributed by atoms with Crippen LogP contribution in [-0.2, 0) is 13.0 Å². The molecule has 4 nitrogen and oxygen atoms in total. The van der Waals surface area contributed by atoms with Crippen LogP contribution in [0, 0.1) is 0 Å². The molecule has 1 aromatic heterocycles. The number of nitrogens with zero attached hydrogens (tertiary/aromatic N) is 1. The molecule has 1 aliphatic heterocycles. The van der Waals surface area contributed by atoms with E-state index >= 15 is 0 Å². The molecule has 0 spiro atoms. The summed E-state index contributed by atoms with van der Waals surface area (Å²) in [6.45, 7) is 0.702. The number of aromatic nitrogens is 1. The Hall–Kier alpha value is -2.36. The number of hydrogen-bond acceptors (Lipinski definition) is 2. The minimum Gasteiger partial charge on any atom is -0.355 e. The van der Waals surface area contributed by atoms with Crippen molar-refractivity contribution in [2.24, 2.45) is 0 Å². The van der Waals surface area contributed by atoms with Crippen molar-refractivity contribution in [1.29, 1.82) is 0 Å². The molecule has 0 unspecified atom stereocenters. The van der Waals surface area contributed by atoms with Gasteiger partial charge in [-0.3, -0.25) is 9.59 Å². The number of amides is 1. The molecule has 1 amide bonds. The average Bonchev–Trinajstić information content (AvgIpc) is 2.97. The van der Waals surface area contributed by atoms with Gasteiger partial charge < -0.3 is 9.88 Å². The van der Waals surface area contributed by atoms with Gasteiger partial charge in [-0.15, -0.1) is 0 Å². The molecule has 0 aliphatic carbocycles. The van der Waals surface area contributed by atoms with E-state index in [4.69, 9.17) is 0 Å². The van der Waals surface area contributed by atoms with Gasteiger partial charge in [-0.05, 0) is 18.4 Å². The summed E-state index contributed by atoms with van der Waals surface area (Å²) in [6.07, 6.45) is 1.69. The lowest BCUT2D eigenvalue weighted by atomic mass is 9.97. The van der Waals surface area contributed by atoms with Crippen molar-refractivity contribution in [2.45, 2.75) is 19.4 Å². The van der Waals surface area contributed by atoms with Crippen LogP contribution in [0.1, 0.15) is 22.5 Å². The molecule has 0 radical (unpaired) electrons. The Bertz CT molecular complexity index is 717. The largest absolute Gasteiger partial charge is 0.355 e. The van der Waals surface area contributed by atoms with Crippen LogP contribution in [0.5, 0.6) is 0 Å². The summed E-state index contributed by atoms with van der Waals surface area (Å²) in [5, 5.41) is 2.69. The van der Waals surface area contributed by atoms with Gasteiger partial charge in [0.15, 0.2) is 0 Å². The fraction of sp³-hybridized carbons (Fsp3) is 0.250. The molecule has 2 aromatic rings. The predicted octanol–water partition coefficient (Wildman–Crippen LogP) is 1.82. The van der Waals surface area contributed by atoms with Crippen LogP contribution in [0.15, 0.2) is 41.2 Å². The molecule has 3 rings (SSSR count). The molecule has 0 saturated carbocycles. The van der Waals surface area contributed by atoms with Gasteiger partial charge in [-0.25, -0.2) is 0 Å². The van der Waals surface area contributed by atoms with Gasteiger partial charge in [0.05, 0.1) is 5.56 Å². The van der Waals surface area contributed by atoms with Gasteiger partial charge in [0, 0.05) is 30.9 Å². The Kier molecular flexibility index (Phi) is 3.14. The highest BCUT2D eigenvalue weighted by molar-refractivity contribution is 6.01. The Morgan fingerprint density at radius 3 is 2.70 bits per heavy atom. The first-order valence-electron chi connectivity index (χ1n) is 6.76. The molecule has 0 fully saturated rings. The summed E-state index contributed by atoms with van der Waals surface area (Å²) in [6, 6.07) is 11.2. The summed E-state index contributed by atoms with van der Waals surface area (Å²) >= 11 is 0. The SMILES string of the molecule is CNC(=O)c1c(-c2ccccc2)cc(=O)n2c1CCC2. The van der Waals surface area contributed by atoms with E-state index in [1.165, 1.54) is 0 Å². The summed E-state index contributed by atoms with van der Waals surface area (Å²) in [7, 11) is 1.62. The molecule has 0 atom stereocenters. The third-order valence-electron chi connectivity index (χ3n) is 3.75. The Balaban J connectivity index is 2.32. The van der Waals surface area contributed by atoms with Crippen LogP contribution >= 0.6 is 0 Å². The molecule has 0 bridgehead atoms. The topological polar surface area (TPSA) is 51.1 Å². The number of nitrogens with one attached hydrogen (secondary N) is 1. The molecule has 1 N–H and O–H groups in total. The molecule has 1 aromatic carbocycles. The molecule has 1 aliphatic rings. The quantitative estimate of drug-likeness (QED) is 0.903. The first-order valence-corrected chi connectivity index (χ1v) is 6.76.